The van der Waals surface area contributed by atoms with Crippen LogP contribution in [0.1, 0.15) is 23.0 Å². The van der Waals surface area contributed by atoms with Crippen molar-refractivity contribution in [2.45, 2.75) is 13.8 Å². The molecular weight excluding hydrogens is 234 g/mol. The highest BCUT2D eigenvalue weighted by molar-refractivity contribution is 5.93. The summed E-state index contributed by atoms with van der Waals surface area (Å²) in [4.78, 5) is 27.9. The molecule has 1 unspecified atom stereocenters. The quantitative estimate of drug-likeness (QED) is 0.800. The van der Waals surface area contributed by atoms with Gasteiger partial charge < -0.3 is 15.7 Å². The minimum Gasteiger partial charge on any atom is -0.481 e. The van der Waals surface area contributed by atoms with E-state index in [4.69, 9.17) is 10.8 Å². The van der Waals surface area contributed by atoms with Crippen molar-refractivity contribution in [1.29, 1.82) is 0 Å². The van der Waals surface area contributed by atoms with Crippen molar-refractivity contribution >= 4 is 17.7 Å². The molecule has 1 heterocycles. The van der Waals surface area contributed by atoms with Crippen LogP contribution in [0.25, 0.3) is 0 Å². The second-order valence-electron chi connectivity index (χ2n) is 4.34. The van der Waals surface area contributed by atoms with Gasteiger partial charge in [0.1, 0.15) is 5.82 Å². The molecule has 98 valence electrons. The SMILES string of the molecule is Cc1cc(C(N)=O)cc(N(C)CC(C)C(=O)O)n1. The molecule has 0 aliphatic rings. The van der Waals surface area contributed by atoms with Gasteiger partial charge in [0.25, 0.3) is 0 Å². The Hall–Kier alpha value is -2.11. The van der Waals surface area contributed by atoms with Gasteiger partial charge in [-0.3, -0.25) is 9.59 Å². The van der Waals surface area contributed by atoms with E-state index in [0.717, 1.165) is 0 Å². The molecule has 0 aromatic carbocycles. The molecule has 0 aliphatic heterocycles. The van der Waals surface area contributed by atoms with Crippen LogP contribution in [0, 0.1) is 12.8 Å². The number of pyridine rings is 1. The van der Waals surface area contributed by atoms with E-state index >= 15 is 0 Å². The summed E-state index contributed by atoms with van der Waals surface area (Å²) in [5.74, 6) is -1.38. The maximum Gasteiger partial charge on any atom is 0.308 e. The number of carbonyl (C=O) groups is 2. The van der Waals surface area contributed by atoms with Crippen LogP contribution in [-0.2, 0) is 4.79 Å². The minimum atomic E-state index is -0.871. The van der Waals surface area contributed by atoms with Crippen LogP contribution in [0.2, 0.25) is 0 Å². The zero-order valence-electron chi connectivity index (χ0n) is 10.7. The van der Waals surface area contributed by atoms with E-state index in [0.29, 0.717) is 23.6 Å². The summed E-state index contributed by atoms with van der Waals surface area (Å²) in [6.07, 6.45) is 0. The molecule has 6 nitrogen and oxygen atoms in total. The van der Waals surface area contributed by atoms with Crippen LogP contribution < -0.4 is 10.6 Å². The molecular formula is C12H17N3O3. The van der Waals surface area contributed by atoms with Crippen LogP contribution in [0.5, 0.6) is 0 Å². The molecule has 0 spiro atoms. The van der Waals surface area contributed by atoms with E-state index in [1.807, 2.05) is 0 Å². The lowest BCUT2D eigenvalue weighted by Crippen LogP contribution is -2.29. The molecule has 1 aromatic rings. The monoisotopic (exact) mass is 251 g/mol. The molecule has 0 aliphatic carbocycles. The summed E-state index contributed by atoms with van der Waals surface area (Å²) in [6, 6.07) is 3.16. The first-order valence-corrected chi connectivity index (χ1v) is 5.53. The topological polar surface area (TPSA) is 96.5 Å². The van der Waals surface area contributed by atoms with Crippen molar-refractivity contribution in [3.8, 4) is 0 Å². The van der Waals surface area contributed by atoms with E-state index in [9.17, 15) is 9.59 Å². The highest BCUT2D eigenvalue weighted by Gasteiger charge is 2.15. The summed E-state index contributed by atoms with van der Waals surface area (Å²) in [5.41, 5.74) is 6.25. The molecule has 18 heavy (non-hydrogen) atoms. The first kappa shape index (κ1) is 14.0. The Morgan fingerprint density at radius 1 is 1.50 bits per heavy atom. The molecule has 6 heteroatoms. The largest absolute Gasteiger partial charge is 0.481 e. The Kier molecular flexibility index (Phi) is 4.25. The second-order valence-corrected chi connectivity index (χ2v) is 4.34. The number of carboxylic acids is 1. The number of amides is 1. The van der Waals surface area contributed by atoms with Crippen molar-refractivity contribution in [2.24, 2.45) is 11.7 Å². The number of rotatable bonds is 5. The predicted molar refractivity (Wildman–Crippen MR) is 67.6 cm³/mol. The molecule has 0 fully saturated rings. The number of hydrogen-bond acceptors (Lipinski definition) is 4. The zero-order valence-corrected chi connectivity index (χ0v) is 10.7. The highest BCUT2D eigenvalue weighted by Crippen LogP contribution is 2.15. The smallest absolute Gasteiger partial charge is 0.308 e. The van der Waals surface area contributed by atoms with Crippen LogP contribution >= 0.6 is 0 Å². The number of anilines is 1. The number of carbonyl (C=O) groups excluding carboxylic acids is 1. The fraction of sp³-hybridized carbons (Fsp3) is 0.417. The number of hydrogen-bond donors (Lipinski definition) is 2. The number of nitrogens with two attached hydrogens (primary N) is 1. The lowest BCUT2D eigenvalue weighted by atomic mass is 10.1. The van der Waals surface area contributed by atoms with E-state index in [1.165, 1.54) is 0 Å². The second kappa shape index (κ2) is 5.48. The van der Waals surface area contributed by atoms with E-state index in [2.05, 4.69) is 4.98 Å². The number of nitrogens with zero attached hydrogens (tertiary/aromatic N) is 2. The van der Waals surface area contributed by atoms with Crippen LogP contribution in [0.4, 0.5) is 5.82 Å². The Labute approximate surface area is 105 Å². The fourth-order valence-corrected chi connectivity index (χ4v) is 1.57. The molecule has 0 radical (unpaired) electrons. The molecule has 1 atom stereocenters. The molecule has 0 saturated heterocycles. The standard InChI is InChI=1S/C12H17N3O3/c1-7(12(17)18)6-15(3)10-5-9(11(13)16)4-8(2)14-10/h4-5,7H,6H2,1-3H3,(H2,13,16)(H,17,18). The maximum atomic E-state index is 11.1. The third-order valence-corrected chi connectivity index (χ3v) is 2.58. The summed E-state index contributed by atoms with van der Waals surface area (Å²) < 4.78 is 0. The van der Waals surface area contributed by atoms with Crippen LogP contribution in [0.3, 0.4) is 0 Å². The number of aromatic nitrogens is 1. The van der Waals surface area contributed by atoms with Gasteiger partial charge in [-0.2, -0.15) is 0 Å². The predicted octanol–water partition coefficient (Wildman–Crippen LogP) is 0.646. The number of carboxylic acid groups (broad SMARTS) is 1. The van der Waals surface area contributed by atoms with Gasteiger partial charge in [0.2, 0.25) is 5.91 Å². The minimum absolute atomic E-state index is 0.310. The van der Waals surface area contributed by atoms with Gasteiger partial charge in [-0.05, 0) is 19.1 Å². The van der Waals surface area contributed by atoms with Gasteiger partial charge in [-0.25, -0.2) is 4.98 Å². The van der Waals surface area contributed by atoms with Gasteiger partial charge in [0.05, 0.1) is 5.92 Å². The van der Waals surface area contributed by atoms with Crippen molar-refractivity contribution in [2.75, 3.05) is 18.5 Å². The van der Waals surface area contributed by atoms with Crippen LogP contribution in [-0.4, -0.2) is 35.6 Å². The highest BCUT2D eigenvalue weighted by atomic mass is 16.4. The van der Waals surface area contributed by atoms with Gasteiger partial charge in [-0.1, -0.05) is 6.92 Å². The fourth-order valence-electron chi connectivity index (χ4n) is 1.57. The van der Waals surface area contributed by atoms with E-state index in [1.54, 1.807) is 37.9 Å². The number of aryl methyl sites for hydroxylation is 1. The van der Waals surface area contributed by atoms with Gasteiger partial charge in [0.15, 0.2) is 0 Å². The van der Waals surface area contributed by atoms with Gasteiger partial charge in [0, 0.05) is 24.8 Å². The average Bonchev–Trinajstić information content (AvgIpc) is 2.27. The Morgan fingerprint density at radius 3 is 2.61 bits per heavy atom. The molecule has 0 saturated carbocycles. The van der Waals surface area contributed by atoms with Crippen molar-refractivity contribution in [3.05, 3.63) is 23.4 Å². The molecule has 1 amide bonds. The molecule has 0 bridgehead atoms. The molecule has 1 rings (SSSR count). The summed E-state index contributed by atoms with van der Waals surface area (Å²) in [6.45, 7) is 3.68. The third kappa shape index (κ3) is 3.44. The third-order valence-electron chi connectivity index (χ3n) is 2.58. The molecule has 3 N–H and O–H groups in total. The Balaban J connectivity index is 2.95. The summed E-state index contributed by atoms with van der Waals surface area (Å²) >= 11 is 0. The lowest BCUT2D eigenvalue weighted by molar-refractivity contribution is -0.140. The van der Waals surface area contributed by atoms with Crippen molar-refractivity contribution in [1.82, 2.24) is 4.98 Å². The summed E-state index contributed by atoms with van der Waals surface area (Å²) in [7, 11) is 1.73. The Bertz CT molecular complexity index is 474. The van der Waals surface area contributed by atoms with Gasteiger partial charge in [-0.15, -0.1) is 0 Å². The first-order chi connectivity index (χ1) is 8.31. The average molecular weight is 251 g/mol. The van der Waals surface area contributed by atoms with Crippen molar-refractivity contribution in [3.63, 3.8) is 0 Å². The number of aliphatic carboxylic acids is 1. The van der Waals surface area contributed by atoms with Crippen LogP contribution in [0.15, 0.2) is 12.1 Å². The van der Waals surface area contributed by atoms with E-state index < -0.39 is 17.8 Å². The van der Waals surface area contributed by atoms with Crippen molar-refractivity contribution < 1.29 is 14.7 Å². The molecule has 1 aromatic heterocycles. The summed E-state index contributed by atoms with van der Waals surface area (Å²) in [5, 5.41) is 8.85. The number of primary amides is 1. The Morgan fingerprint density at radius 2 is 2.11 bits per heavy atom. The zero-order chi connectivity index (χ0) is 13.9. The maximum absolute atomic E-state index is 11.1. The lowest BCUT2D eigenvalue weighted by Gasteiger charge is -2.21. The van der Waals surface area contributed by atoms with Gasteiger partial charge >= 0.3 is 5.97 Å². The first-order valence-electron chi connectivity index (χ1n) is 5.53. The van der Waals surface area contributed by atoms with E-state index in [-0.39, 0.29) is 0 Å². The normalized spacial score (nSPS) is 11.9.